The third-order valence-corrected chi connectivity index (χ3v) is 5.17. The number of halogens is 2. The summed E-state index contributed by atoms with van der Waals surface area (Å²) < 4.78 is 4.99. The van der Waals surface area contributed by atoms with Crippen LogP contribution in [0.5, 0.6) is 0 Å². The monoisotopic (exact) mass is 402 g/mol. The van der Waals surface area contributed by atoms with E-state index in [0.717, 1.165) is 5.56 Å². The molecule has 0 fully saturated rings. The Kier molecular flexibility index (Phi) is 5.69. The van der Waals surface area contributed by atoms with Crippen LogP contribution in [0, 0.1) is 17.2 Å². The van der Waals surface area contributed by atoms with Crippen LogP contribution >= 0.6 is 23.2 Å². The van der Waals surface area contributed by atoms with Crippen LogP contribution in [-0.4, -0.2) is 18.5 Å². The van der Waals surface area contributed by atoms with Gasteiger partial charge in [0.1, 0.15) is 0 Å². The van der Waals surface area contributed by atoms with E-state index >= 15 is 0 Å². The fourth-order valence-electron chi connectivity index (χ4n) is 3.22. The van der Waals surface area contributed by atoms with Gasteiger partial charge in [-0.1, -0.05) is 47.5 Å². The summed E-state index contributed by atoms with van der Waals surface area (Å²) in [4.78, 5) is 26.9. The zero-order valence-corrected chi connectivity index (χ0v) is 16.0. The van der Waals surface area contributed by atoms with Gasteiger partial charge in [0.05, 0.1) is 35.2 Å². The third-order valence-electron chi connectivity index (χ3n) is 4.43. The van der Waals surface area contributed by atoms with E-state index in [1.54, 1.807) is 48.2 Å². The molecule has 2 unspecified atom stereocenters. The van der Waals surface area contributed by atoms with Crippen LogP contribution in [0.1, 0.15) is 24.0 Å². The largest absolute Gasteiger partial charge is 0.465 e. The molecule has 7 heteroatoms. The highest BCUT2D eigenvalue weighted by Crippen LogP contribution is 2.42. The zero-order chi connectivity index (χ0) is 19.6. The lowest BCUT2D eigenvalue weighted by Crippen LogP contribution is -2.33. The molecule has 0 aliphatic carbocycles. The van der Waals surface area contributed by atoms with Gasteiger partial charge in [0, 0.05) is 5.69 Å². The zero-order valence-electron chi connectivity index (χ0n) is 14.5. The number of anilines is 1. The van der Waals surface area contributed by atoms with Crippen molar-refractivity contribution in [2.24, 2.45) is 5.92 Å². The summed E-state index contributed by atoms with van der Waals surface area (Å²) in [5, 5.41) is 10.3. The highest BCUT2D eigenvalue weighted by molar-refractivity contribution is 6.42. The van der Waals surface area contributed by atoms with Gasteiger partial charge in [0.25, 0.3) is 0 Å². The van der Waals surface area contributed by atoms with Gasteiger partial charge in [0.2, 0.25) is 5.91 Å². The number of fused-ring (bicyclic) bond motifs is 1. The van der Waals surface area contributed by atoms with Gasteiger partial charge in [-0.05, 0) is 36.2 Å². The summed E-state index contributed by atoms with van der Waals surface area (Å²) >= 11 is 12.0. The van der Waals surface area contributed by atoms with Gasteiger partial charge in [-0.15, -0.1) is 0 Å². The van der Waals surface area contributed by atoms with Crippen LogP contribution in [0.4, 0.5) is 5.69 Å². The maximum Gasteiger partial charge on any atom is 0.324 e. The van der Waals surface area contributed by atoms with Crippen molar-refractivity contribution in [3.8, 4) is 6.07 Å². The first-order valence-corrected chi connectivity index (χ1v) is 9.14. The normalized spacial score (nSPS) is 16.6. The van der Waals surface area contributed by atoms with E-state index in [1.165, 1.54) is 0 Å². The minimum Gasteiger partial charge on any atom is -0.465 e. The lowest BCUT2D eigenvalue weighted by Gasteiger charge is -2.19. The number of benzene rings is 2. The summed E-state index contributed by atoms with van der Waals surface area (Å²) in [6, 6.07) is 14.2. The molecule has 27 heavy (non-hydrogen) atoms. The quantitative estimate of drug-likeness (QED) is 0.697. The Balaban J connectivity index is 1.98. The second kappa shape index (κ2) is 7.99. The fraction of sp³-hybridized carbons (Fsp3) is 0.250. The number of ether oxygens (including phenoxy) is 1. The number of carbonyl (C=O) groups excluding carboxylic acids is 2. The molecule has 0 N–H and O–H groups in total. The first kappa shape index (κ1) is 19.2. The molecule has 2 aromatic rings. The molecule has 0 spiro atoms. The molecule has 2 aromatic carbocycles. The first-order valence-electron chi connectivity index (χ1n) is 8.38. The fourth-order valence-corrected chi connectivity index (χ4v) is 3.54. The van der Waals surface area contributed by atoms with E-state index in [0.29, 0.717) is 21.3 Å². The Morgan fingerprint density at radius 1 is 1.26 bits per heavy atom. The minimum absolute atomic E-state index is 0.145. The average molecular weight is 403 g/mol. The standard InChI is InChI=1S/C20H16Cl2N2O3/c1-2-27-20(26)14(10-23)18-13-5-3-4-6-17(13)24(19(18)25)11-12-7-8-15(21)16(22)9-12/h3-9,14,18H,2,11H2,1H3. The van der Waals surface area contributed by atoms with Crippen LogP contribution < -0.4 is 4.90 Å². The van der Waals surface area contributed by atoms with Crippen molar-refractivity contribution in [2.75, 3.05) is 11.5 Å². The molecule has 0 saturated heterocycles. The van der Waals surface area contributed by atoms with Gasteiger partial charge >= 0.3 is 5.97 Å². The topological polar surface area (TPSA) is 70.4 Å². The predicted octanol–water partition coefficient (Wildman–Crippen LogP) is 4.33. The Morgan fingerprint density at radius 2 is 2.00 bits per heavy atom. The molecule has 3 rings (SSSR count). The van der Waals surface area contributed by atoms with Crippen molar-refractivity contribution < 1.29 is 14.3 Å². The lowest BCUT2D eigenvalue weighted by atomic mass is 9.88. The van der Waals surface area contributed by atoms with E-state index in [1.807, 2.05) is 12.1 Å². The molecule has 2 atom stereocenters. The molecule has 0 bridgehead atoms. The average Bonchev–Trinajstić information content (AvgIpc) is 2.92. The molecule has 0 aromatic heterocycles. The number of carbonyl (C=O) groups is 2. The molecule has 1 aliphatic heterocycles. The molecule has 138 valence electrons. The number of esters is 1. The Morgan fingerprint density at radius 3 is 2.67 bits per heavy atom. The number of nitrogens with zero attached hydrogens (tertiary/aromatic N) is 2. The predicted molar refractivity (Wildman–Crippen MR) is 103 cm³/mol. The second-order valence-corrected chi connectivity index (χ2v) is 6.88. The Bertz CT molecular complexity index is 939. The molecular weight excluding hydrogens is 387 g/mol. The van der Waals surface area contributed by atoms with Crippen molar-refractivity contribution in [3.05, 3.63) is 63.6 Å². The maximum absolute atomic E-state index is 13.1. The molecular formula is C20H16Cl2N2O3. The summed E-state index contributed by atoms with van der Waals surface area (Å²) in [6.45, 7) is 2.06. The van der Waals surface area contributed by atoms with Crippen molar-refractivity contribution in [1.29, 1.82) is 5.26 Å². The van der Waals surface area contributed by atoms with Crippen molar-refractivity contribution in [3.63, 3.8) is 0 Å². The highest BCUT2D eigenvalue weighted by atomic mass is 35.5. The highest BCUT2D eigenvalue weighted by Gasteiger charge is 2.45. The van der Waals surface area contributed by atoms with E-state index in [4.69, 9.17) is 27.9 Å². The van der Waals surface area contributed by atoms with E-state index < -0.39 is 17.8 Å². The third kappa shape index (κ3) is 3.64. The SMILES string of the molecule is CCOC(=O)C(C#N)C1C(=O)N(Cc2ccc(Cl)c(Cl)c2)c2ccccc21. The Hall–Kier alpha value is -2.55. The van der Waals surface area contributed by atoms with Gasteiger partial charge < -0.3 is 9.64 Å². The van der Waals surface area contributed by atoms with Crippen molar-refractivity contribution in [2.45, 2.75) is 19.4 Å². The number of nitriles is 1. The number of rotatable bonds is 5. The van der Waals surface area contributed by atoms with Gasteiger partial charge in [-0.3, -0.25) is 9.59 Å². The summed E-state index contributed by atoms with van der Waals surface area (Å²) in [5.74, 6) is -3.10. The molecule has 5 nitrogen and oxygen atoms in total. The van der Waals surface area contributed by atoms with Crippen LogP contribution in [0.3, 0.4) is 0 Å². The van der Waals surface area contributed by atoms with Gasteiger partial charge in [-0.2, -0.15) is 5.26 Å². The minimum atomic E-state index is -1.20. The molecule has 1 aliphatic rings. The number of para-hydroxylation sites is 1. The molecule has 0 saturated carbocycles. The Labute approximate surface area is 167 Å². The second-order valence-electron chi connectivity index (χ2n) is 6.07. The van der Waals surface area contributed by atoms with E-state index in [2.05, 4.69) is 0 Å². The van der Waals surface area contributed by atoms with E-state index in [-0.39, 0.29) is 19.1 Å². The summed E-state index contributed by atoms with van der Waals surface area (Å²) in [5.41, 5.74) is 2.10. The number of hydrogen-bond donors (Lipinski definition) is 0. The van der Waals surface area contributed by atoms with Crippen LogP contribution in [0.15, 0.2) is 42.5 Å². The van der Waals surface area contributed by atoms with Crippen LogP contribution in [-0.2, 0) is 20.9 Å². The van der Waals surface area contributed by atoms with E-state index in [9.17, 15) is 14.9 Å². The molecule has 1 amide bonds. The van der Waals surface area contributed by atoms with Crippen LogP contribution in [0.2, 0.25) is 10.0 Å². The van der Waals surface area contributed by atoms with Crippen molar-refractivity contribution >= 4 is 40.8 Å². The maximum atomic E-state index is 13.1. The van der Waals surface area contributed by atoms with Gasteiger partial charge in [-0.25, -0.2) is 0 Å². The first-order chi connectivity index (χ1) is 13.0. The van der Waals surface area contributed by atoms with Crippen molar-refractivity contribution in [1.82, 2.24) is 0 Å². The van der Waals surface area contributed by atoms with Gasteiger partial charge in [0.15, 0.2) is 5.92 Å². The molecule has 1 heterocycles. The summed E-state index contributed by atoms with van der Waals surface area (Å²) in [7, 11) is 0. The smallest absolute Gasteiger partial charge is 0.324 e. The molecule has 0 radical (unpaired) electrons. The number of amides is 1. The summed E-state index contributed by atoms with van der Waals surface area (Å²) in [6.07, 6.45) is 0. The lowest BCUT2D eigenvalue weighted by molar-refractivity contribution is -0.148. The van der Waals surface area contributed by atoms with Crippen LogP contribution in [0.25, 0.3) is 0 Å². The number of hydrogen-bond acceptors (Lipinski definition) is 4.